The van der Waals surface area contributed by atoms with E-state index >= 15 is 0 Å². The number of rotatable bonds is 4. The summed E-state index contributed by atoms with van der Waals surface area (Å²) in [5.74, 6) is 1.76. The predicted molar refractivity (Wildman–Crippen MR) is 133 cm³/mol. The number of benzene rings is 2. The lowest BCUT2D eigenvalue weighted by molar-refractivity contribution is 0.291. The van der Waals surface area contributed by atoms with Crippen molar-refractivity contribution in [1.29, 1.82) is 0 Å². The van der Waals surface area contributed by atoms with Crippen LogP contribution in [0.25, 0.3) is 16.7 Å². The maximum atomic E-state index is 6.26. The minimum atomic E-state index is -0.0849. The summed E-state index contributed by atoms with van der Waals surface area (Å²) >= 11 is 0. The van der Waals surface area contributed by atoms with Gasteiger partial charge in [-0.3, -0.25) is 0 Å². The van der Waals surface area contributed by atoms with Crippen LogP contribution in [-0.4, -0.2) is 31.8 Å². The SMILES string of the molecule is CNC[C@@]1(N2c3ccc4c(c3C(C)=CC2(C)C)COc2cccc(OC)c2-4)CC=CCC1. The van der Waals surface area contributed by atoms with Crippen molar-refractivity contribution >= 4 is 11.3 Å². The summed E-state index contributed by atoms with van der Waals surface area (Å²) in [5, 5.41) is 3.51. The molecule has 0 saturated carbocycles. The van der Waals surface area contributed by atoms with Crippen LogP contribution in [0.3, 0.4) is 0 Å². The molecule has 0 unspecified atom stereocenters. The Morgan fingerprint density at radius 3 is 2.69 bits per heavy atom. The lowest BCUT2D eigenvalue weighted by Gasteiger charge is -2.56. The highest BCUT2D eigenvalue weighted by Gasteiger charge is 2.46. The van der Waals surface area contributed by atoms with Crippen LogP contribution in [0.1, 0.15) is 51.2 Å². The van der Waals surface area contributed by atoms with Gasteiger partial charge >= 0.3 is 0 Å². The fraction of sp³-hybridized carbons (Fsp3) is 0.429. The molecule has 32 heavy (non-hydrogen) atoms. The summed E-state index contributed by atoms with van der Waals surface area (Å²) in [6.07, 6.45) is 10.5. The lowest BCUT2D eigenvalue weighted by atomic mass is 9.75. The molecule has 1 N–H and O–H groups in total. The molecule has 0 radical (unpaired) electrons. The molecule has 2 heterocycles. The minimum Gasteiger partial charge on any atom is -0.496 e. The zero-order chi connectivity index (χ0) is 22.5. The largest absolute Gasteiger partial charge is 0.496 e. The van der Waals surface area contributed by atoms with Crippen molar-refractivity contribution in [3.05, 3.63) is 59.7 Å². The van der Waals surface area contributed by atoms with E-state index in [1.54, 1.807) is 7.11 Å². The van der Waals surface area contributed by atoms with Gasteiger partial charge in [-0.25, -0.2) is 0 Å². The van der Waals surface area contributed by atoms with Crippen molar-refractivity contribution in [2.45, 2.75) is 57.7 Å². The first-order valence-corrected chi connectivity index (χ1v) is 11.7. The third kappa shape index (κ3) is 3.07. The third-order valence-electron chi connectivity index (χ3n) is 7.34. The van der Waals surface area contributed by atoms with Crippen molar-refractivity contribution in [3.8, 4) is 22.6 Å². The molecule has 1 atom stereocenters. The maximum Gasteiger partial charge on any atom is 0.131 e. The van der Waals surface area contributed by atoms with Crippen LogP contribution in [0, 0.1) is 0 Å². The van der Waals surface area contributed by atoms with Crippen LogP contribution in [0.15, 0.2) is 48.6 Å². The molecule has 4 nitrogen and oxygen atoms in total. The van der Waals surface area contributed by atoms with Gasteiger partial charge in [-0.1, -0.05) is 30.4 Å². The van der Waals surface area contributed by atoms with E-state index in [4.69, 9.17) is 9.47 Å². The molecule has 0 bridgehead atoms. The summed E-state index contributed by atoms with van der Waals surface area (Å²) in [7, 11) is 3.80. The number of allylic oxidation sites excluding steroid dienone is 2. The molecular formula is C28H34N2O2. The predicted octanol–water partition coefficient (Wildman–Crippen LogP) is 5.95. The first-order valence-electron chi connectivity index (χ1n) is 11.7. The second-order valence-electron chi connectivity index (χ2n) is 9.89. The van der Waals surface area contributed by atoms with Crippen molar-refractivity contribution in [3.63, 3.8) is 0 Å². The average molecular weight is 431 g/mol. The maximum absolute atomic E-state index is 6.26. The number of methoxy groups -OCH3 is 1. The lowest BCUT2D eigenvalue weighted by Crippen LogP contribution is -2.63. The summed E-state index contributed by atoms with van der Waals surface area (Å²) in [5.41, 5.74) is 7.47. The standard InChI is InChI=1S/C28H34N2O2/c1-19-16-27(2,3)30(28(18-29-4)14-7-6-8-15-28)22-13-12-20-21(25(19)22)17-32-24-11-9-10-23(31-5)26(20)24/h6-7,9-13,16,29H,8,14-15,17-18H2,1-5H3/t28-/m1/s1. The molecule has 0 amide bonds. The van der Waals surface area contributed by atoms with Gasteiger partial charge in [0.05, 0.1) is 23.8 Å². The van der Waals surface area contributed by atoms with Crippen LogP contribution in [0.5, 0.6) is 11.5 Å². The highest BCUT2D eigenvalue weighted by Crippen LogP contribution is 2.52. The molecule has 3 aliphatic rings. The van der Waals surface area contributed by atoms with E-state index in [1.165, 1.54) is 28.0 Å². The Morgan fingerprint density at radius 1 is 1.12 bits per heavy atom. The van der Waals surface area contributed by atoms with Gasteiger partial charge in [-0.05, 0) is 76.4 Å². The molecule has 2 aromatic rings. The molecule has 0 spiro atoms. The number of anilines is 1. The third-order valence-corrected chi connectivity index (χ3v) is 7.34. The fourth-order valence-electron chi connectivity index (χ4n) is 6.35. The number of fused-ring (bicyclic) bond motifs is 5. The Labute approximate surface area is 191 Å². The Balaban J connectivity index is 1.74. The Hall–Kier alpha value is -2.72. The van der Waals surface area contributed by atoms with E-state index < -0.39 is 0 Å². The van der Waals surface area contributed by atoms with E-state index in [2.05, 4.69) is 68.4 Å². The van der Waals surface area contributed by atoms with Crippen LogP contribution in [0.4, 0.5) is 5.69 Å². The van der Waals surface area contributed by atoms with Crippen molar-refractivity contribution in [2.24, 2.45) is 0 Å². The second-order valence-corrected chi connectivity index (χ2v) is 9.89. The number of nitrogens with one attached hydrogen (secondary N) is 1. The number of nitrogens with zero attached hydrogens (tertiary/aromatic N) is 1. The Kier molecular flexibility index (Phi) is 5.09. The molecule has 2 aliphatic heterocycles. The monoisotopic (exact) mass is 430 g/mol. The van der Waals surface area contributed by atoms with Gasteiger partial charge in [0, 0.05) is 23.4 Å². The van der Waals surface area contributed by atoms with Gasteiger partial charge in [-0.15, -0.1) is 0 Å². The van der Waals surface area contributed by atoms with Crippen molar-refractivity contribution < 1.29 is 9.47 Å². The molecule has 0 aromatic heterocycles. The van der Waals surface area contributed by atoms with Crippen LogP contribution in [-0.2, 0) is 6.61 Å². The number of likely N-dealkylation sites (N-methyl/N-ethyl adjacent to an activating group) is 1. The number of ether oxygens (including phenoxy) is 2. The first kappa shape index (κ1) is 21.1. The smallest absolute Gasteiger partial charge is 0.131 e. The van der Waals surface area contributed by atoms with E-state index in [0.717, 1.165) is 42.9 Å². The van der Waals surface area contributed by atoms with Gasteiger partial charge in [0.25, 0.3) is 0 Å². The topological polar surface area (TPSA) is 33.7 Å². The molecule has 0 fully saturated rings. The van der Waals surface area contributed by atoms with E-state index in [-0.39, 0.29) is 11.1 Å². The molecule has 2 aromatic carbocycles. The molecule has 1 aliphatic carbocycles. The highest BCUT2D eigenvalue weighted by molar-refractivity contribution is 5.91. The number of hydrogen-bond donors (Lipinski definition) is 1. The van der Waals surface area contributed by atoms with Gasteiger partial charge in [0.1, 0.15) is 18.1 Å². The fourth-order valence-corrected chi connectivity index (χ4v) is 6.35. The van der Waals surface area contributed by atoms with Crippen LogP contribution >= 0.6 is 0 Å². The van der Waals surface area contributed by atoms with Gasteiger partial charge in [0.2, 0.25) is 0 Å². The normalized spacial score (nSPS) is 22.9. The van der Waals surface area contributed by atoms with Crippen molar-refractivity contribution in [1.82, 2.24) is 5.32 Å². The highest BCUT2D eigenvalue weighted by atomic mass is 16.5. The second kappa shape index (κ2) is 7.70. The first-order chi connectivity index (χ1) is 15.4. The van der Waals surface area contributed by atoms with E-state index in [1.807, 2.05) is 18.2 Å². The van der Waals surface area contributed by atoms with Gasteiger partial charge in [0.15, 0.2) is 0 Å². The van der Waals surface area contributed by atoms with Crippen molar-refractivity contribution in [2.75, 3.05) is 25.6 Å². The van der Waals surface area contributed by atoms with E-state index in [0.29, 0.717) is 6.61 Å². The minimum absolute atomic E-state index is 0.0400. The molecule has 5 rings (SSSR count). The van der Waals surface area contributed by atoms with Gasteiger partial charge < -0.3 is 19.7 Å². The summed E-state index contributed by atoms with van der Waals surface area (Å²) < 4.78 is 12.0. The quantitative estimate of drug-likeness (QED) is 0.607. The average Bonchev–Trinajstić information content (AvgIpc) is 2.78. The zero-order valence-electron chi connectivity index (χ0n) is 19.9. The van der Waals surface area contributed by atoms with Crippen LogP contribution < -0.4 is 19.7 Å². The number of hydrogen-bond acceptors (Lipinski definition) is 4. The molecule has 4 heteroatoms. The zero-order valence-corrected chi connectivity index (χ0v) is 19.9. The Morgan fingerprint density at radius 2 is 1.97 bits per heavy atom. The Bertz CT molecular complexity index is 1100. The molecule has 0 saturated heterocycles. The summed E-state index contributed by atoms with van der Waals surface area (Å²) in [4.78, 5) is 2.69. The summed E-state index contributed by atoms with van der Waals surface area (Å²) in [6.45, 7) is 8.49. The summed E-state index contributed by atoms with van der Waals surface area (Å²) in [6, 6.07) is 10.7. The molecular weight excluding hydrogens is 396 g/mol. The van der Waals surface area contributed by atoms with E-state index in [9.17, 15) is 0 Å². The van der Waals surface area contributed by atoms with Gasteiger partial charge in [-0.2, -0.15) is 0 Å². The molecule has 168 valence electrons. The van der Waals surface area contributed by atoms with Crippen LogP contribution in [0.2, 0.25) is 0 Å².